The van der Waals surface area contributed by atoms with Crippen LogP contribution in [0.3, 0.4) is 0 Å². The standard InChI is InChI=1S/C17H26N2O5/c1-6-21-15(20)13-11-18-19(14(13)12-24-16(2,3)4)8-7-17(5)22-9-10-23-17/h9-11H,6-8,12H2,1-5H3. The highest BCUT2D eigenvalue weighted by atomic mass is 16.7. The fourth-order valence-corrected chi connectivity index (χ4v) is 2.22. The first-order chi connectivity index (χ1) is 11.2. The third-order valence-corrected chi connectivity index (χ3v) is 3.55. The van der Waals surface area contributed by atoms with Crippen molar-refractivity contribution in [2.75, 3.05) is 6.61 Å². The Kier molecular flexibility index (Phi) is 5.54. The van der Waals surface area contributed by atoms with E-state index in [2.05, 4.69) is 5.10 Å². The molecule has 0 saturated carbocycles. The normalized spacial score (nSPS) is 15.9. The molecule has 0 saturated heterocycles. The number of ether oxygens (including phenoxy) is 4. The number of nitrogens with zero attached hydrogens (tertiary/aromatic N) is 2. The van der Waals surface area contributed by atoms with Crippen LogP contribution in [0, 0.1) is 0 Å². The number of hydrogen-bond acceptors (Lipinski definition) is 6. The molecule has 1 aliphatic rings. The molecule has 24 heavy (non-hydrogen) atoms. The van der Waals surface area contributed by atoms with Crippen molar-refractivity contribution in [2.45, 2.75) is 65.6 Å². The van der Waals surface area contributed by atoms with E-state index in [1.54, 1.807) is 11.6 Å². The second-order valence-electron chi connectivity index (χ2n) is 6.74. The molecule has 0 bridgehead atoms. The van der Waals surface area contributed by atoms with Gasteiger partial charge in [0.25, 0.3) is 0 Å². The lowest BCUT2D eigenvalue weighted by Crippen LogP contribution is -2.28. The third-order valence-electron chi connectivity index (χ3n) is 3.55. The second-order valence-corrected chi connectivity index (χ2v) is 6.74. The van der Waals surface area contributed by atoms with E-state index in [1.165, 1.54) is 18.7 Å². The van der Waals surface area contributed by atoms with Crippen molar-refractivity contribution < 1.29 is 23.7 Å². The van der Waals surface area contributed by atoms with Crippen molar-refractivity contribution in [3.8, 4) is 0 Å². The maximum Gasteiger partial charge on any atom is 0.341 e. The molecule has 0 aliphatic carbocycles. The fourth-order valence-electron chi connectivity index (χ4n) is 2.22. The molecule has 7 nitrogen and oxygen atoms in total. The van der Waals surface area contributed by atoms with Crippen molar-refractivity contribution in [3.63, 3.8) is 0 Å². The molecule has 1 aliphatic heterocycles. The van der Waals surface area contributed by atoms with Gasteiger partial charge >= 0.3 is 5.97 Å². The van der Waals surface area contributed by atoms with Gasteiger partial charge in [-0.15, -0.1) is 0 Å². The molecule has 0 amide bonds. The Labute approximate surface area is 142 Å². The fraction of sp³-hybridized carbons (Fsp3) is 0.647. The molecular weight excluding hydrogens is 312 g/mol. The highest BCUT2D eigenvalue weighted by Crippen LogP contribution is 2.25. The van der Waals surface area contributed by atoms with E-state index in [-0.39, 0.29) is 12.2 Å². The molecule has 2 rings (SSSR count). The van der Waals surface area contributed by atoms with Crippen LogP contribution >= 0.6 is 0 Å². The predicted octanol–water partition coefficient (Wildman–Crippen LogP) is 3.00. The van der Waals surface area contributed by atoms with Gasteiger partial charge in [-0.25, -0.2) is 4.79 Å². The Morgan fingerprint density at radius 3 is 2.58 bits per heavy atom. The molecule has 0 atom stereocenters. The highest BCUT2D eigenvalue weighted by molar-refractivity contribution is 5.90. The molecule has 0 fully saturated rings. The lowest BCUT2D eigenvalue weighted by atomic mass is 10.2. The van der Waals surface area contributed by atoms with Crippen molar-refractivity contribution in [2.24, 2.45) is 0 Å². The number of carbonyl (C=O) groups is 1. The number of esters is 1. The number of rotatable bonds is 7. The summed E-state index contributed by atoms with van der Waals surface area (Å²) in [5, 5.41) is 4.32. The molecule has 134 valence electrons. The summed E-state index contributed by atoms with van der Waals surface area (Å²) in [5.74, 6) is -1.10. The Bertz CT molecular complexity index is 593. The molecular formula is C17H26N2O5. The Balaban J connectivity index is 2.14. The van der Waals surface area contributed by atoms with E-state index in [0.717, 1.165) is 0 Å². The zero-order valence-corrected chi connectivity index (χ0v) is 15.0. The largest absolute Gasteiger partial charge is 0.462 e. The van der Waals surface area contributed by atoms with Crippen LogP contribution in [0.5, 0.6) is 0 Å². The van der Waals surface area contributed by atoms with Crippen LogP contribution in [0.2, 0.25) is 0 Å². The van der Waals surface area contributed by atoms with Gasteiger partial charge in [0.2, 0.25) is 5.79 Å². The van der Waals surface area contributed by atoms with Gasteiger partial charge in [-0.05, 0) is 27.7 Å². The minimum Gasteiger partial charge on any atom is -0.462 e. The SMILES string of the molecule is CCOC(=O)c1cnn(CCC2(C)OC=CO2)c1COC(C)(C)C. The maximum atomic E-state index is 12.1. The highest BCUT2D eigenvalue weighted by Gasteiger charge is 2.30. The van der Waals surface area contributed by atoms with E-state index < -0.39 is 11.8 Å². The van der Waals surface area contributed by atoms with Crippen LogP contribution in [0.25, 0.3) is 0 Å². The Hall–Kier alpha value is -2.02. The monoisotopic (exact) mass is 338 g/mol. The van der Waals surface area contributed by atoms with Gasteiger partial charge in [0.1, 0.15) is 18.1 Å². The molecule has 0 N–H and O–H groups in total. The number of hydrogen-bond donors (Lipinski definition) is 0. The first-order valence-electron chi connectivity index (χ1n) is 8.10. The molecule has 2 heterocycles. The summed E-state index contributed by atoms with van der Waals surface area (Å²) in [6.07, 6.45) is 5.15. The summed E-state index contributed by atoms with van der Waals surface area (Å²) in [4.78, 5) is 12.1. The first kappa shape index (κ1) is 18.3. The van der Waals surface area contributed by atoms with Crippen LogP contribution in [0.4, 0.5) is 0 Å². The van der Waals surface area contributed by atoms with Gasteiger partial charge in [-0.1, -0.05) is 0 Å². The Morgan fingerprint density at radius 1 is 1.33 bits per heavy atom. The van der Waals surface area contributed by atoms with Crippen LogP contribution < -0.4 is 0 Å². The minimum atomic E-state index is -0.710. The zero-order chi connectivity index (χ0) is 17.8. The maximum absolute atomic E-state index is 12.1. The van der Waals surface area contributed by atoms with Crippen LogP contribution in [0.15, 0.2) is 18.7 Å². The predicted molar refractivity (Wildman–Crippen MR) is 87.1 cm³/mol. The molecule has 0 unspecified atom stereocenters. The first-order valence-corrected chi connectivity index (χ1v) is 8.10. The molecule has 7 heteroatoms. The van der Waals surface area contributed by atoms with E-state index in [0.29, 0.717) is 30.8 Å². The average molecular weight is 338 g/mol. The summed E-state index contributed by atoms with van der Waals surface area (Å²) >= 11 is 0. The summed E-state index contributed by atoms with van der Waals surface area (Å²) < 4.78 is 23.6. The van der Waals surface area contributed by atoms with Crippen molar-refractivity contribution >= 4 is 5.97 Å². The number of aromatic nitrogens is 2. The van der Waals surface area contributed by atoms with Crippen LogP contribution in [-0.4, -0.2) is 33.7 Å². The summed E-state index contributed by atoms with van der Waals surface area (Å²) in [5.41, 5.74) is 0.796. The van der Waals surface area contributed by atoms with Gasteiger partial charge in [-0.3, -0.25) is 4.68 Å². The molecule has 0 aromatic carbocycles. The minimum absolute atomic E-state index is 0.272. The van der Waals surface area contributed by atoms with Crippen molar-refractivity contribution in [1.82, 2.24) is 9.78 Å². The average Bonchev–Trinajstić information content (AvgIpc) is 3.09. The summed E-state index contributed by atoms with van der Waals surface area (Å²) in [6, 6.07) is 0. The van der Waals surface area contributed by atoms with Crippen molar-refractivity contribution in [3.05, 3.63) is 30.0 Å². The molecule has 0 radical (unpaired) electrons. The van der Waals surface area contributed by atoms with Gasteiger partial charge in [0, 0.05) is 19.9 Å². The quantitative estimate of drug-likeness (QED) is 0.712. The Morgan fingerprint density at radius 2 is 2.00 bits per heavy atom. The molecule has 0 spiro atoms. The van der Waals surface area contributed by atoms with E-state index in [9.17, 15) is 4.79 Å². The lowest BCUT2D eigenvalue weighted by Gasteiger charge is -2.24. The molecule has 1 aromatic rings. The van der Waals surface area contributed by atoms with Gasteiger partial charge < -0.3 is 18.9 Å². The third kappa shape index (κ3) is 4.74. The summed E-state index contributed by atoms with van der Waals surface area (Å²) in [6.45, 7) is 10.6. The lowest BCUT2D eigenvalue weighted by molar-refractivity contribution is -0.133. The number of carbonyl (C=O) groups excluding carboxylic acids is 1. The van der Waals surface area contributed by atoms with E-state index >= 15 is 0 Å². The van der Waals surface area contributed by atoms with E-state index in [1.807, 2.05) is 27.7 Å². The molecule has 1 aromatic heterocycles. The van der Waals surface area contributed by atoms with Crippen LogP contribution in [0.1, 0.15) is 57.1 Å². The van der Waals surface area contributed by atoms with Gasteiger partial charge in [0.15, 0.2) is 0 Å². The van der Waals surface area contributed by atoms with Gasteiger partial charge in [-0.2, -0.15) is 5.10 Å². The topological polar surface area (TPSA) is 71.8 Å². The zero-order valence-electron chi connectivity index (χ0n) is 15.0. The second kappa shape index (κ2) is 7.25. The summed E-state index contributed by atoms with van der Waals surface area (Å²) in [7, 11) is 0. The van der Waals surface area contributed by atoms with Crippen LogP contribution in [-0.2, 0) is 32.1 Å². The van der Waals surface area contributed by atoms with E-state index in [4.69, 9.17) is 18.9 Å². The number of aryl methyl sites for hydroxylation is 1. The van der Waals surface area contributed by atoms with Gasteiger partial charge in [0.05, 0.1) is 30.7 Å². The smallest absolute Gasteiger partial charge is 0.341 e. The van der Waals surface area contributed by atoms with Crippen molar-refractivity contribution in [1.29, 1.82) is 0 Å².